The fraction of sp³-hybridized carbons (Fsp3) is 0.0667. The molecule has 2 aromatic heterocycles. The van der Waals surface area contributed by atoms with Crippen molar-refractivity contribution in [2.24, 2.45) is 0 Å². The number of hydrogen-bond donors (Lipinski definition) is 2. The average molecular weight is 329 g/mol. The van der Waals surface area contributed by atoms with E-state index >= 15 is 0 Å². The molecule has 0 aliphatic heterocycles. The summed E-state index contributed by atoms with van der Waals surface area (Å²) < 4.78 is 14.0. The minimum atomic E-state index is -1.80. The number of aromatic amines is 1. The molecule has 2 heterocycles. The van der Waals surface area contributed by atoms with Crippen molar-refractivity contribution >= 4 is 23.4 Å². The van der Waals surface area contributed by atoms with Crippen LogP contribution >= 0.6 is 11.8 Å². The molecule has 3 aromatic rings. The first-order chi connectivity index (χ1) is 11.2. The van der Waals surface area contributed by atoms with Gasteiger partial charge in [-0.1, -0.05) is 18.2 Å². The number of para-hydroxylation sites is 1. The van der Waals surface area contributed by atoms with Crippen LogP contribution in [-0.2, 0) is 4.79 Å². The zero-order valence-corrected chi connectivity index (χ0v) is 12.6. The Labute approximate surface area is 135 Å². The van der Waals surface area contributed by atoms with Gasteiger partial charge in [-0.2, -0.15) is 0 Å². The molecule has 1 atom stereocenters. The second kappa shape index (κ2) is 7.01. The Morgan fingerprint density at radius 2 is 2.00 bits per heavy atom. The number of H-pyrrole nitrogens is 1. The first-order valence-corrected chi connectivity index (χ1v) is 7.60. The Morgan fingerprint density at radius 3 is 2.74 bits per heavy atom. The van der Waals surface area contributed by atoms with Crippen LogP contribution in [0.3, 0.4) is 0 Å². The quantitative estimate of drug-likeness (QED) is 0.703. The van der Waals surface area contributed by atoms with Crippen molar-refractivity contribution in [2.75, 3.05) is 5.32 Å². The molecule has 8 heteroatoms. The van der Waals surface area contributed by atoms with Crippen molar-refractivity contribution in [3.8, 4) is 11.4 Å². The number of pyridine rings is 1. The van der Waals surface area contributed by atoms with Crippen LogP contribution in [0.1, 0.15) is 0 Å². The van der Waals surface area contributed by atoms with E-state index in [2.05, 4.69) is 25.5 Å². The first-order valence-electron chi connectivity index (χ1n) is 6.72. The van der Waals surface area contributed by atoms with Gasteiger partial charge in [-0.05, 0) is 36.0 Å². The molecule has 0 spiro atoms. The van der Waals surface area contributed by atoms with Gasteiger partial charge in [0.05, 0.1) is 0 Å². The number of aromatic nitrogens is 4. The summed E-state index contributed by atoms with van der Waals surface area (Å²) in [6, 6.07) is 12.3. The first kappa shape index (κ1) is 15.2. The van der Waals surface area contributed by atoms with Gasteiger partial charge in [0.25, 0.3) is 5.91 Å². The molecule has 0 fully saturated rings. The summed E-state index contributed by atoms with van der Waals surface area (Å²) in [6.07, 6.45) is 3.26. The third-order valence-electron chi connectivity index (χ3n) is 2.86. The lowest BCUT2D eigenvalue weighted by Crippen LogP contribution is -2.21. The molecule has 1 amide bonds. The van der Waals surface area contributed by atoms with Crippen molar-refractivity contribution in [1.82, 2.24) is 20.2 Å². The van der Waals surface area contributed by atoms with Crippen molar-refractivity contribution in [2.45, 2.75) is 10.7 Å². The summed E-state index contributed by atoms with van der Waals surface area (Å²) in [5, 5.41) is 10.5. The molecule has 1 aromatic carbocycles. The molecule has 0 aliphatic carbocycles. The number of carbonyl (C=O) groups excluding carboxylic acids is 1. The van der Waals surface area contributed by atoms with E-state index in [1.165, 1.54) is 0 Å². The van der Waals surface area contributed by atoms with Crippen LogP contribution in [0.25, 0.3) is 11.4 Å². The highest BCUT2D eigenvalue weighted by molar-refractivity contribution is 8.00. The van der Waals surface area contributed by atoms with E-state index in [1.54, 1.807) is 48.8 Å². The number of benzene rings is 1. The maximum absolute atomic E-state index is 14.0. The Hall–Kier alpha value is -2.74. The Bertz CT molecular complexity index is 781. The average Bonchev–Trinajstić information content (AvgIpc) is 3.05. The van der Waals surface area contributed by atoms with Gasteiger partial charge in [0.1, 0.15) is 0 Å². The molecule has 3 rings (SSSR count). The minimum absolute atomic E-state index is 0.222. The molecule has 1 unspecified atom stereocenters. The molecule has 0 aliphatic rings. The number of carbonyl (C=O) groups is 1. The Morgan fingerprint density at radius 1 is 1.17 bits per heavy atom. The normalized spacial score (nSPS) is 11.9. The van der Waals surface area contributed by atoms with Crippen molar-refractivity contribution in [1.29, 1.82) is 0 Å². The van der Waals surface area contributed by atoms with Crippen LogP contribution in [-0.4, -0.2) is 31.6 Å². The van der Waals surface area contributed by atoms with Crippen LogP contribution in [0.2, 0.25) is 0 Å². The zero-order chi connectivity index (χ0) is 16.1. The summed E-state index contributed by atoms with van der Waals surface area (Å²) in [4.78, 5) is 18.6. The van der Waals surface area contributed by atoms with Gasteiger partial charge in [-0.3, -0.25) is 9.78 Å². The summed E-state index contributed by atoms with van der Waals surface area (Å²) >= 11 is 0.658. The van der Waals surface area contributed by atoms with E-state index in [1.807, 2.05) is 6.07 Å². The van der Waals surface area contributed by atoms with Crippen molar-refractivity contribution in [3.63, 3.8) is 0 Å². The molecule has 116 valence electrons. The Balaban J connectivity index is 1.63. The third-order valence-corrected chi connectivity index (χ3v) is 3.69. The molecule has 2 N–H and O–H groups in total. The maximum atomic E-state index is 14.0. The number of hydrogen-bond acceptors (Lipinski definition) is 5. The number of alkyl halides is 1. The van der Waals surface area contributed by atoms with Crippen LogP contribution in [0.15, 0.2) is 60.0 Å². The lowest BCUT2D eigenvalue weighted by atomic mass is 10.3. The number of thioether (sulfide) groups is 1. The van der Waals surface area contributed by atoms with E-state index in [9.17, 15) is 9.18 Å². The number of halogens is 1. The molecule has 0 saturated heterocycles. The molecular formula is C15H12FN5OS. The lowest BCUT2D eigenvalue weighted by molar-refractivity contribution is -0.118. The maximum Gasteiger partial charge on any atom is 0.269 e. The highest BCUT2D eigenvalue weighted by Gasteiger charge is 2.21. The molecule has 0 saturated carbocycles. The highest BCUT2D eigenvalue weighted by Crippen LogP contribution is 2.24. The van der Waals surface area contributed by atoms with Crippen molar-refractivity contribution < 1.29 is 9.18 Å². The van der Waals surface area contributed by atoms with Crippen LogP contribution in [0.5, 0.6) is 0 Å². The SMILES string of the molecule is O=C(Nc1ccccc1)C(F)Sc1nnc(-c2cccnc2)[nH]1. The molecule has 0 radical (unpaired) electrons. The second-order valence-electron chi connectivity index (χ2n) is 4.51. The number of amides is 1. The van der Waals surface area contributed by atoms with E-state index < -0.39 is 11.4 Å². The summed E-state index contributed by atoms with van der Waals surface area (Å²) in [5.74, 6) is -0.281. The van der Waals surface area contributed by atoms with Crippen LogP contribution in [0.4, 0.5) is 10.1 Å². The predicted molar refractivity (Wildman–Crippen MR) is 85.4 cm³/mol. The summed E-state index contributed by atoms with van der Waals surface area (Å²) in [7, 11) is 0. The zero-order valence-electron chi connectivity index (χ0n) is 11.8. The van der Waals surface area contributed by atoms with Gasteiger partial charge in [0.15, 0.2) is 11.0 Å². The van der Waals surface area contributed by atoms with Crippen molar-refractivity contribution in [3.05, 3.63) is 54.9 Å². The fourth-order valence-electron chi connectivity index (χ4n) is 1.80. The molecule has 6 nitrogen and oxygen atoms in total. The monoisotopic (exact) mass is 329 g/mol. The van der Waals surface area contributed by atoms with E-state index in [-0.39, 0.29) is 5.16 Å². The Kier molecular flexibility index (Phi) is 4.62. The smallest absolute Gasteiger partial charge is 0.269 e. The van der Waals surface area contributed by atoms with E-state index in [0.717, 1.165) is 5.56 Å². The predicted octanol–water partition coefficient (Wildman–Crippen LogP) is 2.89. The largest absolute Gasteiger partial charge is 0.323 e. The van der Waals surface area contributed by atoms with E-state index in [4.69, 9.17) is 0 Å². The van der Waals surface area contributed by atoms with Gasteiger partial charge >= 0.3 is 0 Å². The number of nitrogens with zero attached hydrogens (tertiary/aromatic N) is 3. The van der Waals surface area contributed by atoms with Gasteiger partial charge in [0.2, 0.25) is 5.50 Å². The number of anilines is 1. The topological polar surface area (TPSA) is 83.6 Å². The summed E-state index contributed by atoms with van der Waals surface area (Å²) in [5.41, 5.74) is -0.532. The lowest BCUT2D eigenvalue weighted by Gasteiger charge is -2.07. The van der Waals surface area contributed by atoms with Gasteiger partial charge in [-0.15, -0.1) is 10.2 Å². The minimum Gasteiger partial charge on any atom is -0.323 e. The van der Waals surface area contributed by atoms with Gasteiger partial charge in [0, 0.05) is 23.6 Å². The van der Waals surface area contributed by atoms with Gasteiger partial charge in [-0.25, -0.2) is 4.39 Å². The summed E-state index contributed by atoms with van der Waals surface area (Å²) in [6.45, 7) is 0. The molecule has 0 bridgehead atoms. The fourth-order valence-corrected chi connectivity index (χ4v) is 2.41. The highest BCUT2D eigenvalue weighted by atomic mass is 32.2. The third kappa shape index (κ3) is 3.92. The van der Waals surface area contributed by atoms with Gasteiger partial charge < -0.3 is 10.3 Å². The van der Waals surface area contributed by atoms with E-state index in [0.29, 0.717) is 23.3 Å². The number of nitrogens with one attached hydrogen (secondary N) is 2. The number of rotatable bonds is 5. The van der Waals surface area contributed by atoms with Crippen LogP contribution in [0, 0.1) is 0 Å². The molecular weight excluding hydrogens is 317 g/mol. The molecule has 23 heavy (non-hydrogen) atoms. The van der Waals surface area contributed by atoms with Crippen LogP contribution < -0.4 is 5.32 Å². The second-order valence-corrected chi connectivity index (χ2v) is 5.55. The standard InChI is InChI=1S/C15H12FN5OS/c16-12(14(22)18-11-6-2-1-3-7-11)23-15-19-13(20-21-15)10-5-4-8-17-9-10/h1-9,12H,(H,18,22)(H,19,20,21).